The Morgan fingerprint density at radius 3 is 2.80 bits per heavy atom. The molecule has 2 aromatic rings. The lowest BCUT2D eigenvalue weighted by Crippen LogP contribution is -2.29. The molecular weight excluding hydrogens is 296 g/mol. The summed E-state index contributed by atoms with van der Waals surface area (Å²) in [5.41, 5.74) is 0.862. The van der Waals surface area contributed by atoms with Crippen molar-refractivity contribution in [1.82, 2.24) is 20.1 Å². The van der Waals surface area contributed by atoms with Crippen LogP contribution in [0.2, 0.25) is 5.02 Å². The molecule has 1 fully saturated rings. The van der Waals surface area contributed by atoms with Gasteiger partial charge in [0.15, 0.2) is 10.6 Å². The number of aromatic amines is 1. The van der Waals surface area contributed by atoms with Gasteiger partial charge < -0.3 is 5.32 Å². The van der Waals surface area contributed by atoms with Crippen LogP contribution in [0.3, 0.4) is 0 Å². The van der Waals surface area contributed by atoms with E-state index in [0.29, 0.717) is 21.7 Å². The molecule has 0 radical (unpaired) electrons. The molecule has 5 nitrogen and oxygen atoms in total. The third-order valence-corrected chi connectivity index (χ3v) is 3.67. The maximum absolute atomic E-state index is 11.9. The fourth-order valence-corrected chi connectivity index (χ4v) is 2.25. The van der Waals surface area contributed by atoms with Gasteiger partial charge in [0.2, 0.25) is 5.91 Å². The van der Waals surface area contributed by atoms with Crippen LogP contribution in [0.15, 0.2) is 24.3 Å². The molecule has 7 heteroatoms. The van der Waals surface area contributed by atoms with Crippen molar-refractivity contribution >= 4 is 29.7 Å². The van der Waals surface area contributed by atoms with Crippen LogP contribution in [-0.2, 0) is 11.3 Å². The van der Waals surface area contributed by atoms with E-state index in [1.165, 1.54) is 0 Å². The summed E-state index contributed by atoms with van der Waals surface area (Å²) in [5, 5.41) is 10.5. The summed E-state index contributed by atoms with van der Waals surface area (Å²) in [5.74, 6) is 0.595. The predicted molar refractivity (Wildman–Crippen MR) is 79.0 cm³/mol. The lowest BCUT2D eigenvalue weighted by molar-refractivity contribution is -0.121. The quantitative estimate of drug-likeness (QED) is 0.853. The predicted octanol–water partition coefficient (Wildman–Crippen LogP) is 2.54. The second-order valence-electron chi connectivity index (χ2n) is 4.79. The molecule has 1 heterocycles. The van der Waals surface area contributed by atoms with Gasteiger partial charge in [0, 0.05) is 16.6 Å². The maximum atomic E-state index is 11.9. The zero-order chi connectivity index (χ0) is 14.1. The highest BCUT2D eigenvalue weighted by Gasteiger charge is 2.23. The van der Waals surface area contributed by atoms with Crippen LogP contribution in [0.5, 0.6) is 0 Å². The van der Waals surface area contributed by atoms with E-state index in [4.69, 9.17) is 23.8 Å². The van der Waals surface area contributed by atoms with Gasteiger partial charge >= 0.3 is 0 Å². The van der Waals surface area contributed by atoms with Crippen LogP contribution in [0.25, 0.3) is 11.4 Å². The van der Waals surface area contributed by atoms with Gasteiger partial charge in [-0.15, -0.1) is 0 Å². The number of carbonyl (C=O) groups is 1. The van der Waals surface area contributed by atoms with Crippen molar-refractivity contribution < 1.29 is 4.79 Å². The van der Waals surface area contributed by atoms with Gasteiger partial charge in [-0.1, -0.05) is 11.6 Å². The van der Waals surface area contributed by atoms with E-state index in [2.05, 4.69) is 15.5 Å². The molecule has 1 saturated carbocycles. The van der Waals surface area contributed by atoms with Crippen LogP contribution < -0.4 is 5.32 Å². The summed E-state index contributed by atoms with van der Waals surface area (Å²) in [6.45, 7) is 0.170. The van der Waals surface area contributed by atoms with E-state index in [9.17, 15) is 4.79 Å². The zero-order valence-electron chi connectivity index (χ0n) is 10.6. The van der Waals surface area contributed by atoms with E-state index >= 15 is 0 Å². The standard InChI is InChI=1S/C13H13ClN4OS/c14-9-3-1-8(2-4-9)12-16-17-13(20)18(12)7-11(19)15-10-5-6-10/h1-4,10H,5-7H2,(H,15,19)(H,17,20). The molecule has 2 N–H and O–H groups in total. The number of H-pyrrole nitrogens is 1. The Labute approximate surface area is 126 Å². The molecule has 1 aromatic carbocycles. The van der Waals surface area contributed by atoms with Crippen LogP contribution in [0.1, 0.15) is 12.8 Å². The van der Waals surface area contributed by atoms with Crippen LogP contribution in [-0.4, -0.2) is 26.7 Å². The molecule has 104 valence electrons. The van der Waals surface area contributed by atoms with Gasteiger partial charge in [-0.05, 0) is 49.3 Å². The molecule has 1 aromatic heterocycles. The summed E-state index contributed by atoms with van der Waals surface area (Å²) in [6.07, 6.45) is 2.12. The zero-order valence-corrected chi connectivity index (χ0v) is 12.2. The lowest BCUT2D eigenvalue weighted by atomic mass is 10.2. The average molecular weight is 309 g/mol. The van der Waals surface area contributed by atoms with Crippen molar-refractivity contribution in [1.29, 1.82) is 0 Å². The van der Waals surface area contributed by atoms with Crippen molar-refractivity contribution in [2.24, 2.45) is 0 Å². The molecule has 0 saturated heterocycles. The first-order valence-corrected chi connectivity index (χ1v) is 7.12. The van der Waals surface area contributed by atoms with Gasteiger partial charge in [-0.3, -0.25) is 14.5 Å². The maximum Gasteiger partial charge on any atom is 0.240 e. The highest BCUT2D eigenvalue weighted by atomic mass is 35.5. The normalized spacial score (nSPS) is 14.2. The molecule has 3 rings (SSSR count). The summed E-state index contributed by atoms with van der Waals surface area (Å²) < 4.78 is 2.12. The molecule has 0 bridgehead atoms. The number of nitrogens with zero attached hydrogens (tertiary/aromatic N) is 2. The number of amides is 1. The van der Waals surface area contributed by atoms with Gasteiger partial charge in [-0.25, -0.2) is 0 Å². The van der Waals surface area contributed by atoms with E-state index < -0.39 is 0 Å². The van der Waals surface area contributed by atoms with Gasteiger partial charge in [0.05, 0.1) is 0 Å². The fourth-order valence-electron chi connectivity index (χ4n) is 1.93. The average Bonchev–Trinajstić information content (AvgIpc) is 3.16. The minimum Gasteiger partial charge on any atom is -0.352 e. The molecule has 0 aliphatic heterocycles. The smallest absolute Gasteiger partial charge is 0.240 e. The first-order valence-electron chi connectivity index (χ1n) is 6.34. The highest BCUT2D eigenvalue weighted by molar-refractivity contribution is 7.71. The molecular formula is C13H13ClN4OS. The molecule has 1 amide bonds. The Morgan fingerprint density at radius 2 is 2.15 bits per heavy atom. The number of hydrogen-bond donors (Lipinski definition) is 2. The minimum atomic E-state index is -0.0415. The second-order valence-corrected chi connectivity index (χ2v) is 5.61. The first kappa shape index (κ1) is 13.3. The van der Waals surface area contributed by atoms with E-state index in [0.717, 1.165) is 18.4 Å². The molecule has 20 heavy (non-hydrogen) atoms. The van der Waals surface area contributed by atoms with Gasteiger partial charge in [0.25, 0.3) is 0 Å². The number of benzene rings is 1. The van der Waals surface area contributed by atoms with E-state index in [1.54, 1.807) is 16.7 Å². The Bertz CT molecular complexity index is 687. The van der Waals surface area contributed by atoms with Gasteiger partial charge in [0.1, 0.15) is 6.54 Å². The monoisotopic (exact) mass is 308 g/mol. The molecule has 1 aliphatic rings. The third-order valence-electron chi connectivity index (χ3n) is 3.10. The van der Waals surface area contributed by atoms with Crippen LogP contribution in [0, 0.1) is 4.77 Å². The van der Waals surface area contributed by atoms with Crippen molar-refractivity contribution in [3.05, 3.63) is 34.1 Å². The first-order chi connectivity index (χ1) is 9.63. The molecule has 0 unspecified atom stereocenters. The Balaban J connectivity index is 1.86. The molecule has 0 atom stereocenters. The molecule has 1 aliphatic carbocycles. The Hall–Kier alpha value is -1.66. The summed E-state index contributed by atoms with van der Waals surface area (Å²) in [6, 6.07) is 7.60. The summed E-state index contributed by atoms with van der Waals surface area (Å²) >= 11 is 11.1. The number of hydrogen-bond acceptors (Lipinski definition) is 3. The number of halogens is 1. The number of carbonyl (C=O) groups excluding carboxylic acids is 1. The SMILES string of the molecule is O=C(Cn1c(-c2ccc(Cl)cc2)n[nH]c1=S)NC1CC1. The fraction of sp³-hybridized carbons (Fsp3) is 0.308. The number of nitrogens with one attached hydrogen (secondary N) is 2. The Kier molecular flexibility index (Phi) is 3.58. The van der Waals surface area contributed by atoms with Crippen molar-refractivity contribution in [3.8, 4) is 11.4 Å². The van der Waals surface area contributed by atoms with Crippen molar-refractivity contribution in [3.63, 3.8) is 0 Å². The minimum absolute atomic E-state index is 0.0415. The third kappa shape index (κ3) is 2.91. The Morgan fingerprint density at radius 1 is 1.45 bits per heavy atom. The summed E-state index contributed by atoms with van der Waals surface area (Å²) in [4.78, 5) is 11.9. The lowest BCUT2D eigenvalue weighted by Gasteiger charge is -2.07. The van der Waals surface area contributed by atoms with Crippen molar-refractivity contribution in [2.45, 2.75) is 25.4 Å². The van der Waals surface area contributed by atoms with Crippen LogP contribution in [0.4, 0.5) is 0 Å². The van der Waals surface area contributed by atoms with Crippen molar-refractivity contribution in [2.75, 3.05) is 0 Å². The molecule has 0 spiro atoms. The number of rotatable bonds is 4. The van der Waals surface area contributed by atoms with E-state index in [1.807, 2.05) is 12.1 Å². The number of aromatic nitrogens is 3. The second kappa shape index (κ2) is 5.38. The van der Waals surface area contributed by atoms with Gasteiger partial charge in [-0.2, -0.15) is 5.10 Å². The highest BCUT2D eigenvalue weighted by Crippen LogP contribution is 2.21. The largest absolute Gasteiger partial charge is 0.352 e. The summed E-state index contributed by atoms with van der Waals surface area (Å²) in [7, 11) is 0. The van der Waals surface area contributed by atoms with Crippen LogP contribution >= 0.6 is 23.8 Å². The van der Waals surface area contributed by atoms with E-state index in [-0.39, 0.29) is 12.5 Å². The topological polar surface area (TPSA) is 62.7 Å².